The van der Waals surface area contributed by atoms with E-state index in [2.05, 4.69) is 31.3 Å². The average molecular weight is 465 g/mol. The number of nitrogens with zero attached hydrogens (tertiary/aromatic N) is 1. The molecule has 1 unspecified atom stereocenters. The van der Waals surface area contributed by atoms with Crippen molar-refractivity contribution in [3.05, 3.63) is 99.6 Å². The van der Waals surface area contributed by atoms with Crippen LogP contribution in [0.4, 0.5) is 5.69 Å². The molecule has 174 valence electrons. The first-order chi connectivity index (χ1) is 15.5. The zero-order valence-corrected chi connectivity index (χ0v) is 21.0. The van der Waals surface area contributed by atoms with Gasteiger partial charge in [0, 0.05) is 5.56 Å². The normalized spacial score (nSPS) is 12.3. The molecule has 3 aromatic carbocycles. The second-order valence-electron chi connectivity index (χ2n) is 8.80. The first-order valence-electron chi connectivity index (χ1n) is 11.0. The molecular weight excluding hydrogens is 432 g/mol. The number of carbonyl (C=O) groups excluding carboxylic acids is 1. The van der Waals surface area contributed by atoms with E-state index >= 15 is 0 Å². The number of aryl methyl sites for hydroxylation is 4. The van der Waals surface area contributed by atoms with Crippen LogP contribution in [0.25, 0.3) is 0 Å². The Hall–Kier alpha value is -3.12. The van der Waals surface area contributed by atoms with E-state index in [1.807, 2.05) is 45.0 Å². The lowest BCUT2D eigenvalue weighted by Crippen LogP contribution is -2.30. The molecule has 1 amide bonds. The molecule has 0 bridgehead atoms. The number of rotatable bonds is 7. The van der Waals surface area contributed by atoms with Crippen LogP contribution in [0.15, 0.2) is 60.7 Å². The predicted molar refractivity (Wildman–Crippen MR) is 135 cm³/mol. The molecule has 3 rings (SSSR count). The molecule has 0 aromatic heterocycles. The zero-order valence-electron chi connectivity index (χ0n) is 20.1. The van der Waals surface area contributed by atoms with E-state index in [0.717, 1.165) is 22.3 Å². The molecule has 3 aromatic rings. The van der Waals surface area contributed by atoms with Crippen LogP contribution < -0.4 is 9.62 Å². The lowest BCUT2D eigenvalue weighted by molar-refractivity contribution is 0.0940. The minimum Gasteiger partial charge on any atom is -0.346 e. The van der Waals surface area contributed by atoms with E-state index < -0.39 is 10.0 Å². The summed E-state index contributed by atoms with van der Waals surface area (Å²) in [4.78, 5) is 12.8. The van der Waals surface area contributed by atoms with Crippen molar-refractivity contribution in [3.63, 3.8) is 0 Å². The van der Waals surface area contributed by atoms with Crippen molar-refractivity contribution < 1.29 is 13.2 Å². The molecule has 0 fully saturated rings. The maximum Gasteiger partial charge on any atom is 0.251 e. The number of carbonyl (C=O) groups is 1. The minimum absolute atomic E-state index is 0.124. The van der Waals surface area contributed by atoms with Crippen molar-refractivity contribution in [1.29, 1.82) is 0 Å². The van der Waals surface area contributed by atoms with Crippen molar-refractivity contribution in [2.45, 2.75) is 47.2 Å². The second-order valence-corrected chi connectivity index (χ2v) is 10.7. The molecule has 0 saturated heterocycles. The molecular formula is C27H32N2O3S. The van der Waals surface area contributed by atoms with Gasteiger partial charge in [-0.25, -0.2) is 8.42 Å². The second kappa shape index (κ2) is 9.79. The number of benzene rings is 3. The van der Waals surface area contributed by atoms with E-state index in [-0.39, 0.29) is 18.5 Å². The summed E-state index contributed by atoms with van der Waals surface area (Å²) in [6.45, 7) is 10.1. The number of sulfonamides is 1. The molecule has 0 heterocycles. The summed E-state index contributed by atoms with van der Waals surface area (Å²) in [7, 11) is -3.48. The highest BCUT2D eigenvalue weighted by Gasteiger charge is 2.20. The summed E-state index contributed by atoms with van der Waals surface area (Å²) < 4.78 is 26.5. The van der Waals surface area contributed by atoms with Crippen LogP contribution in [-0.2, 0) is 16.6 Å². The van der Waals surface area contributed by atoms with Crippen LogP contribution in [-0.4, -0.2) is 20.6 Å². The standard InChI is InChI=1S/C27H32N2O3S/c1-18-7-8-20(3)26(15-18)29(33(6,31)32)17-23-10-13-24(14-11-23)27(30)28-22(5)25-12-9-19(2)21(4)16-25/h7-16,22H,17H2,1-6H3,(H,28,30). The van der Waals surface area contributed by atoms with Gasteiger partial charge in [0.25, 0.3) is 5.91 Å². The number of hydrogen-bond acceptors (Lipinski definition) is 3. The van der Waals surface area contributed by atoms with E-state index in [4.69, 9.17) is 0 Å². The van der Waals surface area contributed by atoms with E-state index in [1.54, 1.807) is 24.3 Å². The van der Waals surface area contributed by atoms with Crippen LogP contribution >= 0.6 is 0 Å². The van der Waals surface area contributed by atoms with Gasteiger partial charge in [-0.1, -0.05) is 42.5 Å². The molecule has 33 heavy (non-hydrogen) atoms. The molecule has 5 nitrogen and oxygen atoms in total. The first kappa shape index (κ1) is 24.5. The monoisotopic (exact) mass is 464 g/mol. The first-order valence-corrected chi connectivity index (χ1v) is 12.8. The summed E-state index contributed by atoms with van der Waals surface area (Å²) in [6.07, 6.45) is 1.21. The van der Waals surface area contributed by atoms with Gasteiger partial charge in [0.2, 0.25) is 10.0 Å². The lowest BCUT2D eigenvalue weighted by atomic mass is 10.0. The van der Waals surface area contributed by atoms with Gasteiger partial charge in [0.15, 0.2) is 0 Å². The third-order valence-corrected chi connectivity index (χ3v) is 7.08. The minimum atomic E-state index is -3.48. The number of nitrogens with one attached hydrogen (secondary N) is 1. The lowest BCUT2D eigenvalue weighted by Gasteiger charge is -2.25. The molecule has 0 aliphatic carbocycles. The maximum atomic E-state index is 12.8. The van der Waals surface area contributed by atoms with Gasteiger partial charge in [-0.3, -0.25) is 9.10 Å². The quantitative estimate of drug-likeness (QED) is 0.511. The van der Waals surface area contributed by atoms with E-state index in [1.165, 1.54) is 21.7 Å². The molecule has 0 aliphatic rings. The van der Waals surface area contributed by atoms with Crippen molar-refractivity contribution in [2.75, 3.05) is 10.6 Å². The summed E-state index contributed by atoms with van der Waals surface area (Å²) >= 11 is 0. The molecule has 0 aliphatic heterocycles. The molecule has 6 heteroatoms. The van der Waals surface area contributed by atoms with Gasteiger partial charge >= 0.3 is 0 Å². The average Bonchev–Trinajstić information content (AvgIpc) is 2.75. The topological polar surface area (TPSA) is 66.5 Å². The molecule has 0 saturated carbocycles. The van der Waals surface area contributed by atoms with Crippen molar-refractivity contribution >= 4 is 21.6 Å². The highest BCUT2D eigenvalue weighted by molar-refractivity contribution is 7.92. The van der Waals surface area contributed by atoms with Gasteiger partial charge in [0.1, 0.15) is 0 Å². The molecule has 1 N–H and O–H groups in total. The van der Waals surface area contributed by atoms with Gasteiger partial charge in [-0.15, -0.1) is 0 Å². The number of amides is 1. The fourth-order valence-corrected chi connectivity index (χ4v) is 4.63. The highest BCUT2D eigenvalue weighted by atomic mass is 32.2. The Labute approximate surface area is 197 Å². The smallest absolute Gasteiger partial charge is 0.251 e. The Morgan fingerprint density at radius 3 is 2.12 bits per heavy atom. The molecule has 1 atom stereocenters. The van der Waals surface area contributed by atoms with Crippen molar-refractivity contribution in [2.24, 2.45) is 0 Å². The summed E-state index contributed by atoms with van der Waals surface area (Å²) in [5.41, 5.74) is 7.36. The number of anilines is 1. The predicted octanol–water partition coefficient (Wildman–Crippen LogP) is 5.38. The Balaban J connectivity index is 1.76. The largest absolute Gasteiger partial charge is 0.346 e. The van der Waals surface area contributed by atoms with Crippen LogP contribution in [0.5, 0.6) is 0 Å². The molecule has 0 spiro atoms. The maximum absolute atomic E-state index is 12.8. The van der Waals surface area contributed by atoms with E-state index in [0.29, 0.717) is 11.3 Å². The summed E-state index contributed by atoms with van der Waals surface area (Å²) in [5.74, 6) is -0.165. The van der Waals surface area contributed by atoms with Gasteiger partial charge in [-0.05, 0) is 86.2 Å². The summed E-state index contributed by atoms with van der Waals surface area (Å²) in [5, 5.41) is 3.04. The van der Waals surface area contributed by atoms with Gasteiger partial charge < -0.3 is 5.32 Å². The van der Waals surface area contributed by atoms with Crippen LogP contribution in [0.3, 0.4) is 0 Å². The fourth-order valence-electron chi connectivity index (χ4n) is 3.69. The zero-order chi connectivity index (χ0) is 24.3. The third-order valence-electron chi connectivity index (χ3n) is 5.95. The Bertz CT molecular complexity index is 1270. The number of hydrogen-bond donors (Lipinski definition) is 1. The van der Waals surface area contributed by atoms with Crippen LogP contribution in [0.1, 0.15) is 56.7 Å². The van der Waals surface area contributed by atoms with Crippen LogP contribution in [0.2, 0.25) is 0 Å². The van der Waals surface area contributed by atoms with Crippen LogP contribution in [0, 0.1) is 27.7 Å². The van der Waals surface area contributed by atoms with Gasteiger partial charge in [0.05, 0.1) is 24.5 Å². The highest BCUT2D eigenvalue weighted by Crippen LogP contribution is 2.26. The SMILES string of the molecule is Cc1ccc(C)c(N(Cc2ccc(C(=O)NC(C)c3ccc(C)c(C)c3)cc2)S(C)(=O)=O)c1. The van der Waals surface area contributed by atoms with Gasteiger partial charge in [-0.2, -0.15) is 0 Å². The summed E-state index contributed by atoms with van der Waals surface area (Å²) in [6, 6.07) is 18.9. The van der Waals surface area contributed by atoms with Crippen molar-refractivity contribution in [1.82, 2.24) is 5.32 Å². The van der Waals surface area contributed by atoms with E-state index in [9.17, 15) is 13.2 Å². The fraction of sp³-hybridized carbons (Fsp3) is 0.296. The van der Waals surface area contributed by atoms with Crippen molar-refractivity contribution in [3.8, 4) is 0 Å². The Morgan fingerprint density at radius 1 is 0.879 bits per heavy atom. The molecule has 0 radical (unpaired) electrons. The Morgan fingerprint density at radius 2 is 1.52 bits per heavy atom. The Kier molecular flexibility index (Phi) is 7.28. The third kappa shape index (κ3) is 6.02.